The van der Waals surface area contributed by atoms with Gasteiger partial charge in [-0.3, -0.25) is 0 Å². The Kier molecular flexibility index (Phi) is 4.23. The first-order valence-corrected chi connectivity index (χ1v) is 10.2. The number of rotatable bonds is 3. The average molecular weight is 372 g/mol. The van der Waals surface area contributed by atoms with Crippen LogP contribution in [0.25, 0.3) is 0 Å². The Bertz CT molecular complexity index is 1020. The normalized spacial score (nSPS) is 21.1. The van der Waals surface area contributed by atoms with Crippen LogP contribution >= 0.6 is 0 Å². The molecule has 142 valence electrons. The van der Waals surface area contributed by atoms with E-state index in [2.05, 4.69) is 62.4 Å². The van der Waals surface area contributed by atoms with E-state index in [1.165, 1.54) is 27.8 Å². The van der Waals surface area contributed by atoms with Crippen molar-refractivity contribution in [3.05, 3.63) is 99.9 Å². The van der Waals surface area contributed by atoms with E-state index in [4.69, 9.17) is 4.74 Å². The van der Waals surface area contributed by atoms with Gasteiger partial charge in [0.25, 0.3) is 0 Å². The minimum absolute atomic E-state index is 0.0640. The van der Waals surface area contributed by atoms with E-state index in [1.807, 2.05) is 6.07 Å². The molecule has 0 amide bonds. The van der Waals surface area contributed by atoms with Crippen LogP contribution in [-0.2, 0) is 0 Å². The monoisotopic (exact) mass is 372 g/mol. The predicted molar refractivity (Wildman–Crippen MR) is 111 cm³/mol. The third-order valence-corrected chi connectivity index (χ3v) is 6.23. The van der Waals surface area contributed by atoms with Gasteiger partial charge in [-0.2, -0.15) is 0 Å². The molecule has 2 aliphatic rings. The summed E-state index contributed by atoms with van der Waals surface area (Å²) >= 11 is 0. The second-order valence-corrected chi connectivity index (χ2v) is 8.40. The summed E-state index contributed by atoms with van der Waals surface area (Å²) in [6.07, 6.45) is 2.20. The zero-order chi connectivity index (χ0) is 19.3. The summed E-state index contributed by atoms with van der Waals surface area (Å²) in [5.41, 5.74) is 7.05. The molecule has 1 aliphatic carbocycles. The van der Waals surface area contributed by atoms with Crippen LogP contribution in [0.3, 0.4) is 0 Å². The fourth-order valence-corrected chi connectivity index (χ4v) is 4.49. The van der Waals surface area contributed by atoms with Gasteiger partial charge in [0.05, 0.1) is 6.61 Å². The van der Waals surface area contributed by atoms with Crippen LogP contribution in [0, 0.1) is 19.7 Å². The SMILES string of the molecule is Cc1ccc(C2c3ccc(C)cc3OCC2c2ccc(F)c(C3CC3)c2)cc1. The molecular formula is C26H25FO. The van der Waals surface area contributed by atoms with Crippen molar-refractivity contribution < 1.29 is 9.13 Å². The standard InChI is InChI=1S/C26H25FO/c1-16-3-6-19(7-4-16)26-21-11-5-17(2)13-25(21)28-15-23(26)20-10-12-24(27)22(14-20)18-8-9-18/h3-7,10-14,18,23,26H,8-9,15H2,1-2H3. The first-order chi connectivity index (χ1) is 13.6. The Balaban J connectivity index is 1.63. The average Bonchev–Trinajstić information content (AvgIpc) is 3.53. The van der Waals surface area contributed by atoms with E-state index in [0.717, 1.165) is 24.2 Å². The smallest absolute Gasteiger partial charge is 0.126 e. The molecule has 0 N–H and O–H groups in total. The van der Waals surface area contributed by atoms with E-state index in [-0.39, 0.29) is 17.7 Å². The van der Waals surface area contributed by atoms with Gasteiger partial charge in [0.15, 0.2) is 0 Å². The van der Waals surface area contributed by atoms with Gasteiger partial charge < -0.3 is 4.74 Å². The second kappa shape index (κ2) is 6.77. The molecule has 0 bridgehead atoms. The minimum atomic E-state index is -0.0640. The molecule has 1 saturated carbocycles. The zero-order valence-electron chi connectivity index (χ0n) is 16.4. The highest BCUT2D eigenvalue weighted by atomic mass is 19.1. The molecule has 1 nitrogen and oxygen atoms in total. The summed E-state index contributed by atoms with van der Waals surface area (Å²) in [5, 5.41) is 0. The molecule has 1 aliphatic heterocycles. The fraction of sp³-hybridized carbons (Fsp3) is 0.308. The van der Waals surface area contributed by atoms with Gasteiger partial charge in [0.2, 0.25) is 0 Å². The number of ether oxygens (including phenoxy) is 1. The molecule has 5 rings (SSSR count). The highest BCUT2D eigenvalue weighted by Gasteiger charge is 2.35. The lowest BCUT2D eigenvalue weighted by molar-refractivity contribution is 0.248. The summed E-state index contributed by atoms with van der Waals surface area (Å²) in [7, 11) is 0. The first-order valence-electron chi connectivity index (χ1n) is 10.2. The number of benzene rings is 3. The van der Waals surface area contributed by atoms with E-state index in [1.54, 1.807) is 6.07 Å². The van der Waals surface area contributed by atoms with Crippen molar-refractivity contribution in [1.82, 2.24) is 0 Å². The van der Waals surface area contributed by atoms with Crippen molar-refractivity contribution in [2.45, 2.75) is 44.4 Å². The first kappa shape index (κ1) is 17.5. The lowest BCUT2D eigenvalue weighted by atomic mass is 9.75. The summed E-state index contributed by atoms with van der Waals surface area (Å²) in [4.78, 5) is 0. The molecular weight excluding hydrogens is 347 g/mol. The van der Waals surface area contributed by atoms with E-state index >= 15 is 0 Å². The van der Waals surface area contributed by atoms with Crippen LogP contribution in [0.15, 0.2) is 60.7 Å². The maximum absolute atomic E-state index is 14.3. The lowest BCUT2D eigenvalue weighted by Gasteiger charge is -2.35. The highest BCUT2D eigenvalue weighted by Crippen LogP contribution is 2.48. The van der Waals surface area contributed by atoms with Crippen LogP contribution in [0.2, 0.25) is 0 Å². The maximum atomic E-state index is 14.3. The Labute approximate surface area is 166 Å². The molecule has 0 spiro atoms. The fourth-order valence-electron chi connectivity index (χ4n) is 4.49. The van der Waals surface area contributed by atoms with E-state index in [9.17, 15) is 4.39 Å². The number of aryl methyl sites for hydroxylation is 2. The summed E-state index contributed by atoms with van der Waals surface area (Å²) < 4.78 is 20.5. The third-order valence-electron chi connectivity index (χ3n) is 6.23. The number of hydrogen-bond acceptors (Lipinski definition) is 1. The summed E-state index contributed by atoms with van der Waals surface area (Å²) in [6, 6.07) is 21.0. The molecule has 0 aromatic heterocycles. The van der Waals surface area contributed by atoms with Crippen molar-refractivity contribution in [2.75, 3.05) is 6.61 Å². The van der Waals surface area contributed by atoms with Gasteiger partial charge in [0.1, 0.15) is 11.6 Å². The highest BCUT2D eigenvalue weighted by molar-refractivity contribution is 5.50. The van der Waals surface area contributed by atoms with Crippen LogP contribution in [0.4, 0.5) is 4.39 Å². The molecule has 2 unspecified atom stereocenters. The van der Waals surface area contributed by atoms with Gasteiger partial charge >= 0.3 is 0 Å². The van der Waals surface area contributed by atoms with Gasteiger partial charge in [-0.1, -0.05) is 54.1 Å². The van der Waals surface area contributed by atoms with E-state index < -0.39 is 0 Å². The van der Waals surface area contributed by atoms with Gasteiger partial charge in [-0.05, 0) is 67.0 Å². The lowest BCUT2D eigenvalue weighted by Crippen LogP contribution is -2.25. The molecule has 0 saturated heterocycles. The van der Waals surface area contributed by atoms with Crippen molar-refractivity contribution in [1.29, 1.82) is 0 Å². The predicted octanol–water partition coefficient (Wildman–Crippen LogP) is 6.63. The Hall–Kier alpha value is -2.61. The Morgan fingerprint density at radius 2 is 1.50 bits per heavy atom. The maximum Gasteiger partial charge on any atom is 0.126 e. The largest absolute Gasteiger partial charge is 0.493 e. The van der Waals surface area contributed by atoms with Crippen molar-refractivity contribution >= 4 is 0 Å². The van der Waals surface area contributed by atoms with Crippen molar-refractivity contribution in [3.63, 3.8) is 0 Å². The Morgan fingerprint density at radius 1 is 0.786 bits per heavy atom. The van der Waals surface area contributed by atoms with Crippen LogP contribution in [0.1, 0.15) is 64.0 Å². The molecule has 2 heteroatoms. The second-order valence-electron chi connectivity index (χ2n) is 8.40. The Morgan fingerprint density at radius 3 is 2.25 bits per heavy atom. The molecule has 3 aromatic rings. The van der Waals surface area contributed by atoms with Crippen molar-refractivity contribution in [2.24, 2.45) is 0 Å². The number of halogens is 1. The minimum Gasteiger partial charge on any atom is -0.493 e. The van der Waals surface area contributed by atoms with Crippen LogP contribution < -0.4 is 4.74 Å². The van der Waals surface area contributed by atoms with Gasteiger partial charge in [-0.25, -0.2) is 4.39 Å². The van der Waals surface area contributed by atoms with Crippen LogP contribution in [-0.4, -0.2) is 6.61 Å². The molecule has 1 fully saturated rings. The van der Waals surface area contributed by atoms with Gasteiger partial charge in [0, 0.05) is 17.4 Å². The van der Waals surface area contributed by atoms with E-state index in [0.29, 0.717) is 12.5 Å². The number of hydrogen-bond donors (Lipinski definition) is 0. The van der Waals surface area contributed by atoms with Gasteiger partial charge in [-0.15, -0.1) is 0 Å². The molecule has 3 aromatic carbocycles. The molecule has 28 heavy (non-hydrogen) atoms. The zero-order valence-corrected chi connectivity index (χ0v) is 16.4. The number of fused-ring (bicyclic) bond motifs is 1. The quantitative estimate of drug-likeness (QED) is 0.501. The summed E-state index contributed by atoms with van der Waals surface area (Å²) in [5.74, 6) is 1.70. The van der Waals surface area contributed by atoms with Crippen LogP contribution in [0.5, 0.6) is 5.75 Å². The third kappa shape index (κ3) is 3.11. The summed E-state index contributed by atoms with van der Waals surface area (Å²) in [6.45, 7) is 4.83. The molecule has 1 heterocycles. The van der Waals surface area contributed by atoms with Crippen molar-refractivity contribution in [3.8, 4) is 5.75 Å². The molecule has 0 radical (unpaired) electrons. The molecule has 2 atom stereocenters. The topological polar surface area (TPSA) is 9.23 Å².